The van der Waals surface area contributed by atoms with Gasteiger partial charge in [0.1, 0.15) is 0 Å². The number of hydrogen-bond donors (Lipinski definition) is 0. The van der Waals surface area contributed by atoms with Crippen LogP contribution in [-0.2, 0) is 9.59 Å². The Hall–Kier alpha value is -1.61. The van der Waals surface area contributed by atoms with Gasteiger partial charge < -0.3 is 0 Å². The first kappa shape index (κ1) is 12.4. The van der Waals surface area contributed by atoms with Crippen molar-refractivity contribution in [3.63, 3.8) is 0 Å². The number of imide groups is 1. The molecule has 4 heteroatoms. The fourth-order valence-corrected chi connectivity index (χ4v) is 3.02. The Morgan fingerprint density at radius 3 is 2.47 bits per heavy atom. The molecule has 0 fully saturated rings. The minimum absolute atomic E-state index is 0.158. The Balaban J connectivity index is 2.01. The Labute approximate surface area is 116 Å². The fraction of sp³-hybridized carbons (Fsp3) is 0.333. The van der Waals surface area contributed by atoms with Crippen molar-refractivity contribution in [3.8, 4) is 0 Å². The van der Waals surface area contributed by atoms with Crippen LogP contribution in [0.1, 0.15) is 26.2 Å². The molecule has 19 heavy (non-hydrogen) atoms. The van der Waals surface area contributed by atoms with E-state index in [1.165, 1.54) is 4.90 Å². The number of benzene rings is 1. The molecule has 1 aromatic carbocycles. The number of hydrogen-bond acceptors (Lipinski definition) is 2. The number of halogens is 1. The number of rotatable bonds is 1. The van der Waals surface area contributed by atoms with Gasteiger partial charge >= 0.3 is 0 Å². The zero-order valence-electron chi connectivity index (χ0n) is 10.6. The molecule has 2 aliphatic rings. The maximum absolute atomic E-state index is 12.5. The molecule has 0 spiro atoms. The van der Waals surface area contributed by atoms with Crippen LogP contribution >= 0.6 is 11.6 Å². The molecule has 0 aromatic heterocycles. The highest BCUT2D eigenvalue weighted by Crippen LogP contribution is 2.38. The van der Waals surface area contributed by atoms with Gasteiger partial charge in [-0.15, -0.1) is 0 Å². The lowest BCUT2D eigenvalue weighted by Gasteiger charge is -2.18. The maximum atomic E-state index is 12.5. The number of amides is 2. The van der Waals surface area contributed by atoms with Gasteiger partial charge in [0.15, 0.2) is 0 Å². The van der Waals surface area contributed by atoms with Gasteiger partial charge in [0.2, 0.25) is 0 Å². The van der Waals surface area contributed by atoms with Crippen LogP contribution < -0.4 is 4.90 Å². The lowest BCUT2D eigenvalue weighted by atomic mass is 9.85. The summed E-state index contributed by atoms with van der Waals surface area (Å²) >= 11 is 5.84. The molecule has 0 bridgehead atoms. The van der Waals surface area contributed by atoms with E-state index in [1.807, 2.05) is 6.92 Å². The topological polar surface area (TPSA) is 37.4 Å². The molecule has 1 aliphatic carbocycles. The molecule has 1 unspecified atom stereocenters. The third kappa shape index (κ3) is 1.89. The van der Waals surface area contributed by atoms with Gasteiger partial charge in [0.25, 0.3) is 11.8 Å². The highest BCUT2D eigenvalue weighted by Gasteiger charge is 2.42. The van der Waals surface area contributed by atoms with Crippen LogP contribution in [0.25, 0.3) is 0 Å². The third-order valence-electron chi connectivity index (χ3n) is 3.86. The molecule has 0 saturated heterocycles. The Morgan fingerprint density at radius 1 is 1.16 bits per heavy atom. The predicted octanol–water partition coefficient (Wildman–Crippen LogP) is 3.33. The van der Waals surface area contributed by atoms with E-state index in [4.69, 9.17) is 11.6 Å². The fourth-order valence-electron chi connectivity index (χ4n) is 2.90. The van der Waals surface area contributed by atoms with Crippen LogP contribution in [0.5, 0.6) is 0 Å². The van der Waals surface area contributed by atoms with Crippen molar-refractivity contribution in [2.75, 3.05) is 4.90 Å². The van der Waals surface area contributed by atoms with Crippen LogP contribution in [0.15, 0.2) is 35.4 Å². The van der Waals surface area contributed by atoms with E-state index < -0.39 is 0 Å². The van der Waals surface area contributed by atoms with Crippen molar-refractivity contribution < 1.29 is 9.59 Å². The first-order valence-electron chi connectivity index (χ1n) is 6.47. The van der Waals surface area contributed by atoms with Crippen molar-refractivity contribution >= 4 is 29.1 Å². The van der Waals surface area contributed by atoms with Crippen molar-refractivity contribution in [2.24, 2.45) is 5.92 Å². The number of carbonyl (C=O) groups is 2. The summed E-state index contributed by atoms with van der Waals surface area (Å²) in [6, 6.07) is 6.80. The molecule has 1 aromatic rings. The minimum Gasteiger partial charge on any atom is -0.269 e. The summed E-state index contributed by atoms with van der Waals surface area (Å²) in [5.74, 6) is -0.138. The number of carbonyl (C=O) groups excluding carboxylic acids is 2. The summed E-state index contributed by atoms with van der Waals surface area (Å²) in [6.45, 7) is 2.02. The standard InChI is InChI=1S/C15H14ClNO2/c1-9-3-2-4-12-13(9)15(19)17(14(12)18)11-7-5-10(16)6-8-11/h5-9H,2-4H2,1H3. The van der Waals surface area contributed by atoms with Gasteiger partial charge in [0.05, 0.1) is 5.69 Å². The van der Waals surface area contributed by atoms with Crippen molar-refractivity contribution in [2.45, 2.75) is 26.2 Å². The van der Waals surface area contributed by atoms with Gasteiger partial charge in [-0.3, -0.25) is 9.59 Å². The SMILES string of the molecule is CC1CCCC2=C1C(=O)N(c1ccc(Cl)cc1)C2=O. The maximum Gasteiger partial charge on any atom is 0.261 e. The predicted molar refractivity (Wildman–Crippen MR) is 74.0 cm³/mol. The summed E-state index contributed by atoms with van der Waals surface area (Å²) in [5.41, 5.74) is 2.02. The van der Waals surface area contributed by atoms with E-state index in [0.29, 0.717) is 28.3 Å². The quantitative estimate of drug-likeness (QED) is 0.737. The zero-order valence-corrected chi connectivity index (χ0v) is 11.4. The first-order valence-corrected chi connectivity index (χ1v) is 6.85. The van der Waals surface area contributed by atoms with E-state index in [9.17, 15) is 9.59 Å². The molecule has 0 N–H and O–H groups in total. The van der Waals surface area contributed by atoms with Crippen molar-refractivity contribution in [1.29, 1.82) is 0 Å². The van der Waals surface area contributed by atoms with Crippen LogP contribution in [0, 0.1) is 5.92 Å². The Kier molecular flexibility index (Phi) is 2.94. The summed E-state index contributed by atoms with van der Waals surface area (Å²) in [5, 5.41) is 0.592. The first-order chi connectivity index (χ1) is 9.09. The van der Waals surface area contributed by atoms with E-state index in [1.54, 1.807) is 24.3 Å². The van der Waals surface area contributed by atoms with E-state index >= 15 is 0 Å². The molecule has 3 rings (SSSR count). The Bertz CT molecular complexity index is 589. The molecule has 1 atom stereocenters. The second-order valence-electron chi connectivity index (χ2n) is 5.11. The van der Waals surface area contributed by atoms with Gasteiger partial charge in [-0.05, 0) is 49.4 Å². The van der Waals surface area contributed by atoms with Crippen LogP contribution in [-0.4, -0.2) is 11.8 Å². The second kappa shape index (κ2) is 4.49. The van der Waals surface area contributed by atoms with E-state index in [-0.39, 0.29) is 17.7 Å². The van der Waals surface area contributed by atoms with Crippen molar-refractivity contribution in [3.05, 3.63) is 40.4 Å². The lowest BCUT2D eigenvalue weighted by molar-refractivity contribution is -0.120. The number of anilines is 1. The third-order valence-corrected chi connectivity index (χ3v) is 4.11. The average molecular weight is 276 g/mol. The largest absolute Gasteiger partial charge is 0.269 e. The molecule has 98 valence electrons. The van der Waals surface area contributed by atoms with Crippen LogP contribution in [0.3, 0.4) is 0 Å². The number of nitrogens with zero attached hydrogens (tertiary/aromatic N) is 1. The normalized spacial score (nSPS) is 23.1. The van der Waals surface area contributed by atoms with Gasteiger partial charge in [-0.1, -0.05) is 18.5 Å². The molecule has 3 nitrogen and oxygen atoms in total. The van der Waals surface area contributed by atoms with E-state index in [0.717, 1.165) is 12.8 Å². The second-order valence-corrected chi connectivity index (χ2v) is 5.54. The zero-order chi connectivity index (χ0) is 13.6. The van der Waals surface area contributed by atoms with Crippen LogP contribution in [0.4, 0.5) is 5.69 Å². The summed E-state index contributed by atoms with van der Waals surface area (Å²) < 4.78 is 0. The highest BCUT2D eigenvalue weighted by atomic mass is 35.5. The average Bonchev–Trinajstić information content (AvgIpc) is 2.65. The minimum atomic E-state index is -0.158. The summed E-state index contributed by atoms with van der Waals surface area (Å²) in [6.07, 6.45) is 2.67. The molecular formula is C15H14ClNO2. The molecule has 0 saturated carbocycles. The summed E-state index contributed by atoms with van der Waals surface area (Å²) in [4.78, 5) is 26.1. The molecule has 1 heterocycles. The monoisotopic (exact) mass is 275 g/mol. The molecule has 0 radical (unpaired) electrons. The van der Waals surface area contributed by atoms with Gasteiger partial charge in [0, 0.05) is 16.2 Å². The van der Waals surface area contributed by atoms with E-state index in [2.05, 4.69) is 0 Å². The smallest absolute Gasteiger partial charge is 0.261 e. The van der Waals surface area contributed by atoms with Crippen LogP contribution in [0.2, 0.25) is 5.02 Å². The Morgan fingerprint density at radius 2 is 1.84 bits per heavy atom. The highest BCUT2D eigenvalue weighted by molar-refractivity contribution is 6.33. The lowest BCUT2D eigenvalue weighted by Crippen LogP contribution is -2.31. The molecule has 2 amide bonds. The van der Waals surface area contributed by atoms with Gasteiger partial charge in [-0.2, -0.15) is 0 Å². The molecule has 1 aliphatic heterocycles. The van der Waals surface area contributed by atoms with Crippen molar-refractivity contribution in [1.82, 2.24) is 0 Å². The summed E-state index contributed by atoms with van der Waals surface area (Å²) in [7, 11) is 0. The molecular weight excluding hydrogens is 262 g/mol. The van der Waals surface area contributed by atoms with Gasteiger partial charge in [-0.25, -0.2) is 4.90 Å².